The minimum Gasteiger partial charge on any atom is -0.497 e. The number of pyridine rings is 1. The summed E-state index contributed by atoms with van der Waals surface area (Å²) in [5, 5.41) is 74.6. The number of likely N-dealkylation sites (tertiary alicyclic amines) is 1. The predicted molar refractivity (Wildman–Crippen MR) is 414 cm³/mol. The van der Waals surface area contributed by atoms with Gasteiger partial charge >= 0.3 is 11.9 Å². The van der Waals surface area contributed by atoms with Crippen molar-refractivity contribution in [3.8, 4) is 28.1 Å². The molecule has 12 atom stereocenters. The Morgan fingerprint density at radius 2 is 1.23 bits per heavy atom. The van der Waals surface area contributed by atoms with Crippen molar-refractivity contribution >= 4 is 76.9 Å². The largest absolute Gasteiger partial charge is 0.497 e. The lowest BCUT2D eigenvalue weighted by molar-refractivity contribution is -0.151. The van der Waals surface area contributed by atoms with E-state index in [4.69, 9.17) is 10.5 Å². The lowest BCUT2D eigenvalue weighted by Crippen LogP contribution is -2.67. The van der Waals surface area contributed by atoms with E-state index in [0.717, 1.165) is 59.6 Å². The van der Waals surface area contributed by atoms with Gasteiger partial charge in [-0.05, 0) is 124 Å². The van der Waals surface area contributed by atoms with Crippen LogP contribution in [0.25, 0.3) is 22.4 Å². The molecule has 0 radical (unpaired) electrons. The van der Waals surface area contributed by atoms with Crippen molar-refractivity contribution in [3.05, 3.63) is 179 Å². The Labute approximate surface area is 666 Å². The first-order valence-electron chi connectivity index (χ1n) is 37.4. The predicted octanol–water partition coefficient (Wildman–Crippen LogP) is 0.107. The van der Waals surface area contributed by atoms with Crippen LogP contribution in [0.15, 0.2) is 134 Å². The molecule has 116 heavy (non-hydrogen) atoms. The maximum atomic E-state index is 15.7. The normalized spacial score (nSPS) is 16.2. The van der Waals surface area contributed by atoms with E-state index in [1.54, 1.807) is 49.6 Å². The topological polar surface area (TPSA) is 540 Å². The van der Waals surface area contributed by atoms with Gasteiger partial charge in [-0.1, -0.05) is 85.8 Å². The minimum atomic E-state index is -2.42. The lowest BCUT2D eigenvalue weighted by atomic mass is 9.90. The second-order valence-corrected chi connectivity index (χ2v) is 28.7. The van der Waals surface area contributed by atoms with Crippen LogP contribution in [0.4, 0.5) is 4.39 Å². The van der Waals surface area contributed by atoms with Crippen molar-refractivity contribution in [1.29, 1.82) is 0 Å². The van der Waals surface area contributed by atoms with E-state index in [-0.39, 0.29) is 43.5 Å². The van der Waals surface area contributed by atoms with Gasteiger partial charge in [-0.25, -0.2) is 14.4 Å². The number of nitrogens with one attached hydrogen (secondary N) is 11. The van der Waals surface area contributed by atoms with Crippen molar-refractivity contribution in [1.82, 2.24) is 77.7 Å². The number of carboxylic acids is 2. The molecule has 4 aromatic carbocycles. The highest BCUT2D eigenvalue weighted by atomic mass is 19.1. The molecule has 0 aliphatic carbocycles. The number of carbonyl (C=O) groups is 13. The number of halogens is 1. The van der Waals surface area contributed by atoms with Crippen molar-refractivity contribution in [2.75, 3.05) is 20.2 Å². The number of aryl methyl sites for hydroxylation is 2. The number of aliphatic carboxylic acids is 2. The standard InChI is InChI=1S/C80H97FN16O19/c1-8-48-32-53(116-7)23-24-55(48)49-21-18-46(19-22-49)30-60(71(108)89-59(69(82)106)31-47-20-25-57(85-37-47)54-16-11-9-14-43(54)2)90-73(110)62(35-66(104)105)91-72(109)61(33-51-38-83-41-87-51)92-74(111)67(44(3)98)95-77(114)79(5,36-50-15-10-12-17-56(50)81)96-75(112)68(45(4)99)94-64(101)40-86-70(107)58(26-27-65(102)103)93-78(115)80(6)28-13-29-97(80)76(113)63(100)34-52-39-84-42-88-52/h9-12,14-25,32,37-39,41-42,44-45,58-63,67-68,98-100H,8,13,26-31,33-36,40H2,1-7H3,(H2,82,106)(H,83,87)(H,84,88)(H,86,107)(H,89,108)(H,90,110)(H,91,109)(H,92,111)(H,93,115)(H,94,101)(H,95,114)(H,96,112)(H,102,103)(H,104,105)/t44-,45-,58+,59+,60+,61+,62+,63+,67+,68+,79-,80-/m1/s1. The van der Waals surface area contributed by atoms with Crippen molar-refractivity contribution in [2.24, 2.45) is 5.73 Å². The summed E-state index contributed by atoms with van der Waals surface area (Å²) in [5.74, 6) is -15.6. The molecule has 35 nitrogen and oxygen atoms in total. The molecule has 618 valence electrons. The number of primary amides is 1. The molecule has 0 saturated carbocycles. The van der Waals surface area contributed by atoms with Crippen LogP contribution in [0.1, 0.15) is 106 Å². The van der Waals surface area contributed by atoms with E-state index >= 15 is 4.39 Å². The van der Waals surface area contributed by atoms with E-state index in [1.807, 2.05) is 50.2 Å². The van der Waals surface area contributed by atoms with Crippen LogP contribution in [0, 0.1) is 12.7 Å². The SMILES string of the molecule is CCc1cc(OC)ccc1-c1ccc(C[C@H](NC(=O)[C@H](CC(=O)O)NC(=O)[C@H](Cc2c[nH]cn2)NC(=O)[C@@H](NC(=O)[C@@](C)(Cc2ccccc2F)NC(=O)[C@@H](NC(=O)CNC(=O)[C@H](CCC(=O)O)NC(=O)[C@@]2(C)CCCN2C(=O)[C@@H](O)Cc2c[nH]cn2)[C@@H](C)O)[C@@H](C)O)C(=O)N[C@@H](Cc2ccc(-c3ccccc3C)nc2)C(N)=O)cc1. The molecule has 3 aromatic heterocycles. The number of H-pyrrole nitrogens is 2. The summed E-state index contributed by atoms with van der Waals surface area (Å²) in [6.45, 7) is 7.52. The van der Waals surface area contributed by atoms with Crippen LogP contribution in [0.2, 0.25) is 0 Å². The molecule has 36 heteroatoms. The number of amides is 11. The Hall–Kier alpha value is -12.8. The van der Waals surface area contributed by atoms with E-state index in [1.165, 1.54) is 56.4 Å². The van der Waals surface area contributed by atoms with Gasteiger partial charge in [0.1, 0.15) is 71.0 Å². The Balaban J connectivity index is 0.988. The number of aliphatic hydroxyl groups is 3. The fourth-order valence-corrected chi connectivity index (χ4v) is 13.3. The first-order valence-corrected chi connectivity index (χ1v) is 37.4. The van der Waals surface area contributed by atoms with Gasteiger partial charge in [-0.3, -0.25) is 67.3 Å². The summed E-state index contributed by atoms with van der Waals surface area (Å²) in [4.78, 5) is 200. The third-order valence-corrected chi connectivity index (χ3v) is 19.9. The number of hydrogen-bond donors (Lipinski definition) is 17. The highest BCUT2D eigenvalue weighted by Gasteiger charge is 2.49. The molecule has 1 aliphatic heterocycles. The van der Waals surface area contributed by atoms with Gasteiger partial charge in [0.25, 0.3) is 5.91 Å². The van der Waals surface area contributed by atoms with E-state index in [0.29, 0.717) is 41.1 Å². The van der Waals surface area contributed by atoms with Crippen LogP contribution < -0.4 is 58.3 Å². The average Bonchev–Trinajstić information content (AvgIpc) is 1.61. The van der Waals surface area contributed by atoms with Crippen molar-refractivity contribution in [3.63, 3.8) is 0 Å². The van der Waals surface area contributed by atoms with Crippen LogP contribution in [0.5, 0.6) is 5.75 Å². The number of aromatic nitrogens is 5. The lowest BCUT2D eigenvalue weighted by Gasteiger charge is -2.36. The van der Waals surface area contributed by atoms with Crippen molar-refractivity contribution < 1.29 is 97.0 Å². The molecule has 1 saturated heterocycles. The molecule has 8 rings (SSSR count). The van der Waals surface area contributed by atoms with Gasteiger partial charge in [0, 0.05) is 69.2 Å². The number of nitrogens with two attached hydrogens (primary N) is 1. The molecule has 0 unspecified atom stereocenters. The van der Waals surface area contributed by atoms with Gasteiger partial charge in [0.05, 0.1) is 62.0 Å². The Kier molecular flexibility index (Phi) is 31.2. The second-order valence-electron chi connectivity index (χ2n) is 28.7. The molecule has 0 bridgehead atoms. The number of nitrogens with zero attached hydrogens (tertiary/aromatic N) is 4. The summed E-state index contributed by atoms with van der Waals surface area (Å²) in [7, 11) is 1.55. The number of rotatable bonds is 41. The fraction of sp³-hybridized carbons (Fsp3) is 0.400. The quantitative estimate of drug-likeness (QED) is 0.0242. The smallest absolute Gasteiger partial charge is 0.305 e. The van der Waals surface area contributed by atoms with Gasteiger partial charge in [-0.15, -0.1) is 0 Å². The molecular weight excluding hydrogens is 1510 g/mol. The minimum absolute atomic E-state index is 0.0394. The van der Waals surface area contributed by atoms with Crippen LogP contribution >= 0.6 is 0 Å². The highest BCUT2D eigenvalue weighted by Crippen LogP contribution is 2.32. The summed E-state index contributed by atoms with van der Waals surface area (Å²) < 4.78 is 21.1. The van der Waals surface area contributed by atoms with E-state index in [9.17, 15) is 87.9 Å². The average molecular weight is 1610 g/mol. The molecule has 18 N–H and O–H groups in total. The number of hydrogen-bond acceptors (Lipinski definition) is 20. The first kappa shape index (κ1) is 88.7. The second kappa shape index (κ2) is 40.8. The van der Waals surface area contributed by atoms with Crippen LogP contribution in [-0.4, -0.2) is 224 Å². The molecule has 4 heterocycles. The summed E-state index contributed by atoms with van der Waals surface area (Å²) in [5.41, 5.74) is 8.11. The van der Waals surface area contributed by atoms with Gasteiger partial charge in [0.15, 0.2) is 0 Å². The molecule has 0 spiro atoms. The number of carbonyl (C=O) groups excluding carboxylic acids is 11. The monoisotopic (exact) mass is 1600 g/mol. The number of benzene rings is 4. The first-order chi connectivity index (χ1) is 55.1. The number of methoxy groups -OCH3 is 1. The molecule has 1 aliphatic rings. The molecule has 1 fully saturated rings. The zero-order chi connectivity index (χ0) is 84.7. The number of aromatic amines is 2. The number of ether oxygens (including phenoxy) is 1. The van der Waals surface area contributed by atoms with Gasteiger partial charge in [0.2, 0.25) is 59.1 Å². The maximum Gasteiger partial charge on any atom is 0.305 e. The third kappa shape index (κ3) is 24.1. The number of aliphatic hydroxyl groups excluding tert-OH is 3. The Morgan fingerprint density at radius 3 is 1.83 bits per heavy atom. The zero-order valence-electron chi connectivity index (χ0n) is 64.9. The number of carboxylic acid groups (broad SMARTS) is 2. The van der Waals surface area contributed by atoms with Gasteiger partial charge < -0.3 is 98.7 Å². The fourth-order valence-electron chi connectivity index (χ4n) is 13.3. The molecule has 11 amide bonds. The zero-order valence-corrected chi connectivity index (χ0v) is 64.9. The molecule has 7 aromatic rings. The van der Waals surface area contributed by atoms with E-state index in [2.05, 4.69) is 72.8 Å². The Morgan fingerprint density at radius 1 is 0.638 bits per heavy atom. The van der Waals surface area contributed by atoms with Crippen molar-refractivity contribution in [2.45, 2.75) is 184 Å². The van der Waals surface area contributed by atoms with Gasteiger partial charge in [-0.2, -0.15) is 0 Å². The third-order valence-electron chi connectivity index (χ3n) is 19.9. The maximum absolute atomic E-state index is 15.7. The summed E-state index contributed by atoms with van der Waals surface area (Å²) >= 11 is 0. The Bertz CT molecular complexity index is 4670. The summed E-state index contributed by atoms with van der Waals surface area (Å²) in [6.07, 6.45) is -1.67. The number of imidazole rings is 2. The van der Waals surface area contributed by atoms with E-state index < -0.39 is 193 Å². The highest BCUT2D eigenvalue weighted by molar-refractivity contribution is 6.01. The van der Waals surface area contributed by atoms with Crippen LogP contribution in [-0.2, 0) is 101 Å². The summed E-state index contributed by atoms with van der Waals surface area (Å²) in [6, 6.07) is 15.8. The van der Waals surface area contributed by atoms with Crippen LogP contribution in [0.3, 0.4) is 0 Å². The molecular formula is C80H97FN16O19.